The van der Waals surface area contributed by atoms with Crippen molar-refractivity contribution in [3.63, 3.8) is 0 Å². The molecule has 0 radical (unpaired) electrons. The van der Waals surface area contributed by atoms with Gasteiger partial charge in [-0.25, -0.2) is 9.18 Å². The molecule has 0 bridgehead atoms. The molecule has 3 rings (SSSR count). The maximum atomic E-state index is 13.4. The van der Waals surface area contributed by atoms with Crippen LogP contribution in [0.15, 0.2) is 45.6 Å². The molecule has 4 nitrogen and oxygen atoms in total. The van der Waals surface area contributed by atoms with Crippen molar-refractivity contribution in [2.24, 2.45) is 0 Å². The van der Waals surface area contributed by atoms with Gasteiger partial charge in [0.25, 0.3) is 0 Å². The highest BCUT2D eigenvalue weighted by Crippen LogP contribution is 2.32. The fraction of sp³-hybridized carbons (Fsp3) is 0.286. The SMILES string of the molecule is CCc1cc2c(C)cc(=O)oc2c(C[NH+](C)Cc2cccc(F)c2)c1O. The fourth-order valence-electron chi connectivity index (χ4n) is 3.36. The molecule has 2 N–H and O–H groups in total. The molecular formula is C21H23FNO3+. The molecule has 1 aromatic heterocycles. The molecule has 3 aromatic rings. The Labute approximate surface area is 151 Å². The molecule has 2 aromatic carbocycles. The van der Waals surface area contributed by atoms with E-state index in [0.29, 0.717) is 30.7 Å². The van der Waals surface area contributed by atoms with E-state index < -0.39 is 5.63 Å². The van der Waals surface area contributed by atoms with Gasteiger partial charge in [0, 0.05) is 17.0 Å². The van der Waals surface area contributed by atoms with Crippen molar-refractivity contribution in [2.45, 2.75) is 33.4 Å². The van der Waals surface area contributed by atoms with Crippen molar-refractivity contribution in [3.05, 3.63) is 74.9 Å². The van der Waals surface area contributed by atoms with Crippen molar-refractivity contribution in [1.29, 1.82) is 0 Å². The van der Waals surface area contributed by atoms with Crippen LogP contribution in [0.1, 0.15) is 29.2 Å². The lowest BCUT2D eigenvalue weighted by molar-refractivity contribution is -0.907. The molecule has 1 heterocycles. The number of benzene rings is 2. The first kappa shape index (κ1) is 18.1. The summed E-state index contributed by atoms with van der Waals surface area (Å²) in [5.74, 6) is -0.0921. The zero-order chi connectivity index (χ0) is 18.8. The summed E-state index contributed by atoms with van der Waals surface area (Å²) in [6, 6.07) is 9.83. The summed E-state index contributed by atoms with van der Waals surface area (Å²) in [7, 11) is 1.96. The van der Waals surface area contributed by atoms with Crippen LogP contribution in [0.3, 0.4) is 0 Å². The van der Waals surface area contributed by atoms with Gasteiger partial charge < -0.3 is 14.4 Å². The van der Waals surface area contributed by atoms with Crippen LogP contribution in [0.5, 0.6) is 5.75 Å². The van der Waals surface area contributed by atoms with Gasteiger partial charge >= 0.3 is 5.63 Å². The fourth-order valence-corrected chi connectivity index (χ4v) is 3.36. The van der Waals surface area contributed by atoms with E-state index in [0.717, 1.165) is 27.0 Å². The van der Waals surface area contributed by atoms with E-state index in [1.807, 2.05) is 33.0 Å². The summed E-state index contributed by atoms with van der Waals surface area (Å²) in [6.45, 7) is 4.88. The van der Waals surface area contributed by atoms with E-state index in [1.54, 1.807) is 6.07 Å². The molecule has 26 heavy (non-hydrogen) atoms. The van der Waals surface area contributed by atoms with E-state index >= 15 is 0 Å². The van der Waals surface area contributed by atoms with Crippen LogP contribution in [0, 0.1) is 12.7 Å². The molecule has 0 saturated heterocycles. The Morgan fingerprint density at radius 2 is 1.96 bits per heavy atom. The zero-order valence-corrected chi connectivity index (χ0v) is 15.2. The largest absolute Gasteiger partial charge is 0.507 e. The second-order valence-electron chi connectivity index (χ2n) is 6.78. The van der Waals surface area contributed by atoms with Crippen molar-refractivity contribution < 1.29 is 18.8 Å². The summed E-state index contributed by atoms with van der Waals surface area (Å²) >= 11 is 0. The van der Waals surface area contributed by atoms with Crippen LogP contribution in [-0.2, 0) is 19.5 Å². The normalized spacial score (nSPS) is 12.5. The van der Waals surface area contributed by atoms with E-state index in [9.17, 15) is 14.3 Å². The van der Waals surface area contributed by atoms with E-state index in [1.165, 1.54) is 18.2 Å². The number of phenols is 1. The van der Waals surface area contributed by atoms with Crippen LogP contribution in [0.2, 0.25) is 0 Å². The first-order valence-electron chi connectivity index (χ1n) is 8.73. The number of phenolic OH excluding ortho intramolecular Hbond substituents is 1. The van der Waals surface area contributed by atoms with Gasteiger partial charge in [-0.2, -0.15) is 0 Å². The third-order valence-corrected chi connectivity index (χ3v) is 4.64. The van der Waals surface area contributed by atoms with Crippen LogP contribution >= 0.6 is 0 Å². The molecule has 1 unspecified atom stereocenters. The highest BCUT2D eigenvalue weighted by atomic mass is 19.1. The number of hydrogen-bond acceptors (Lipinski definition) is 3. The maximum Gasteiger partial charge on any atom is 0.336 e. The van der Waals surface area contributed by atoms with Gasteiger partial charge in [0.2, 0.25) is 0 Å². The van der Waals surface area contributed by atoms with Crippen molar-refractivity contribution >= 4 is 11.0 Å². The summed E-state index contributed by atoms with van der Waals surface area (Å²) in [4.78, 5) is 12.9. The van der Waals surface area contributed by atoms with Gasteiger partial charge in [0.05, 0.1) is 12.6 Å². The van der Waals surface area contributed by atoms with Gasteiger partial charge in [0.1, 0.15) is 24.7 Å². The molecule has 0 spiro atoms. The third kappa shape index (κ3) is 3.63. The second-order valence-corrected chi connectivity index (χ2v) is 6.78. The van der Waals surface area contributed by atoms with Crippen LogP contribution in [-0.4, -0.2) is 12.2 Å². The van der Waals surface area contributed by atoms with Crippen molar-refractivity contribution in [2.75, 3.05) is 7.05 Å². The van der Waals surface area contributed by atoms with Gasteiger partial charge in [0.15, 0.2) is 5.58 Å². The van der Waals surface area contributed by atoms with E-state index in [2.05, 4.69) is 0 Å². The Bertz CT molecular complexity index is 1010. The summed E-state index contributed by atoms with van der Waals surface area (Å²) < 4.78 is 18.8. The predicted octanol–water partition coefficient (Wildman–Crippen LogP) is 2.72. The van der Waals surface area contributed by atoms with Crippen LogP contribution < -0.4 is 10.5 Å². The first-order chi connectivity index (χ1) is 12.4. The maximum absolute atomic E-state index is 13.4. The standard InChI is InChI=1S/C21H22FNO3/c1-4-15-10-17-13(2)8-19(24)26-21(17)18(20(15)25)12-23(3)11-14-6-5-7-16(22)9-14/h5-10,25H,4,11-12H2,1-3H3/p+1. The monoisotopic (exact) mass is 356 g/mol. The highest BCUT2D eigenvalue weighted by Gasteiger charge is 2.19. The van der Waals surface area contributed by atoms with Gasteiger partial charge in [-0.05, 0) is 42.7 Å². The molecule has 1 atom stereocenters. The van der Waals surface area contributed by atoms with Gasteiger partial charge in [-0.3, -0.25) is 0 Å². The second kappa shape index (κ2) is 7.30. The van der Waals surface area contributed by atoms with Gasteiger partial charge in [-0.1, -0.05) is 19.1 Å². The molecule has 0 saturated carbocycles. The topological polar surface area (TPSA) is 54.9 Å². The molecule has 0 aliphatic heterocycles. The zero-order valence-electron chi connectivity index (χ0n) is 15.2. The number of nitrogens with one attached hydrogen (secondary N) is 1. The van der Waals surface area contributed by atoms with Crippen LogP contribution in [0.25, 0.3) is 11.0 Å². The minimum Gasteiger partial charge on any atom is -0.507 e. The number of halogens is 1. The average molecular weight is 356 g/mol. The average Bonchev–Trinajstić information content (AvgIpc) is 2.57. The quantitative estimate of drug-likeness (QED) is 0.691. The molecular weight excluding hydrogens is 333 g/mol. The number of aryl methyl sites for hydroxylation is 2. The summed E-state index contributed by atoms with van der Waals surface area (Å²) in [5.41, 5.74) is 3.15. The molecule has 0 fully saturated rings. The lowest BCUT2D eigenvalue weighted by atomic mass is 9.99. The number of hydrogen-bond donors (Lipinski definition) is 2. The first-order valence-corrected chi connectivity index (χ1v) is 8.73. The minimum absolute atomic E-state index is 0.173. The summed E-state index contributed by atoms with van der Waals surface area (Å²) in [5, 5.41) is 11.5. The third-order valence-electron chi connectivity index (χ3n) is 4.64. The molecule has 136 valence electrons. The Balaban J connectivity index is 2.02. The minimum atomic E-state index is -0.428. The van der Waals surface area contributed by atoms with E-state index in [-0.39, 0.29) is 11.6 Å². The summed E-state index contributed by atoms with van der Waals surface area (Å²) in [6.07, 6.45) is 0.677. The number of quaternary nitrogens is 1. The van der Waals surface area contributed by atoms with Crippen molar-refractivity contribution in [1.82, 2.24) is 0 Å². The Hall–Kier alpha value is -2.66. The highest BCUT2D eigenvalue weighted by molar-refractivity contribution is 5.86. The Kier molecular flexibility index (Phi) is 5.09. The Morgan fingerprint density at radius 1 is 1.19 bits per heavy atom. The molecule has 0 amide bonds. The lowest BCUT2D eigenvalue weighted by Gasteiger charge is -2.18. The molecule has 0 aliphatic rings. The van der Waals surface area contributed by atoms with Crippen LogP contribution in [0.4, 0.5) is 4.39 Å². The molecule has 0 aliphatic carbocycles. The number of rotatable bonds is 5. The lowest BCUT2D eigenvalue weighted by Crippen LogP contribution is -3.06. The molecule has 5 heteroatoms. The van der Waals surface area contributed by atoms with Gasteiger partial charge in [-0.15, -0.1) is 0 Å². The smallest absolute Gasteiger partial charge is 0.336 e. The number of fused-ring (bicyclic) bond motifs is 1. The van der Waals surface area contributed by atoms with Crippen molar-refractivity contribution in [3.8, 4) is 5.75 Å². The Morgan fingerprint density at radius 3 is 2.65 bits per heavy atom. The predicted molar refractivity (Wildman–Crippen MR) is 99.0 cm³/mol. The number of aromatic hydroxyl groups is 1. The van der Waals surface area contributed by atoms with E-state index in [4.69, 9.17) is 4.42 Å².